The van der Waals surface area contributed by atoms with Gasteiger partial charge in [0.05, 0.1) is 6.61 Å². The van der Waals surface area contributed by atoms with Crippen LogP contribution in [0.3, 0.4) is 0 Å². The zero-order valence-corrected chi connectivity index (χ0v) is 16.9. The van der Waals surface area contributed by atoms with Crippen LogP contribution in [0.1, 0.15) is 26.3 Å². The van der Waals surface area contributed by atoms with Crippen molar-refractivity contribution in [3.63, 3.8) is 0 Å². The maximum atomic E-state index is 14.8. The SMILES string of the molecule is CC(C)(C)[Si](Oc1ccc(CO)cc1F)(c1ccccc1)c1ccccc1. The van der Waals surface area contributed by atoms with Gasteiger partial charge in [0.1, 0.15) is 5.75 Å². The van der Waals surface area contributed by atoms with Gasteiger partial charge < -0.3 is 9.53 Å². The molecular formula is C23H25FO2Si. The van der Waals surface area contributed by atoms with Crippen LogP contribution in [0.25, 0.3) is 0 Å². The fourth-order valence-corrected chi connectivity index (χ4v) is 7.97. The van der Waals surface area contributed by atoms with Gasteiger partial charge in [-0.05, 0) is 33.1 Å². The van der Waals surface area contributed by atoms with E-state index in [9.17, 15) is 9.50 Å². The Labute approximate surface area is 161 Å². The molecule has 2 nitrogen and oxygen atoms in total. The molecule has 0 aromatic heterocycles. The van der Waals surface area contributed by atoms with E-state index in [0.29, 0.717) is 5.56 Å². The summed E-state index contributed by atoms with van der Waals surface area (Å²) >= 11 is 0. The monoisotopic (exact) mass is 380 g/mol. The first-order chi connectivity index (χ1) is 12.9. The Morgan fingerprint density at radius 1 is 0.852 bits per heavy atom. The van der Waals surface area contributed by atoms with E-state index < -0.39 is 14.1 Å². The molecule has 0 unspecified atom stereocenters. The third-order valence-corrected chi connectivity index (χ3v) is 9.79. The van der Waals surface area contributed by atoms with E-state index in [4.69, 9.17) is 4.43 Å². The Morgan fingerprint density at radius 2 is 1.37 bits per heavy atom. The normalized spacial score (nSPS) is 12.0. The quantitative estimate of drug-likeness (QED) is 0.670. The van der Waals surface area contributed by atoms with Gasteiger partial charge in [0.2, 0.25) is 0 Å². The second kappa shape index (κ2) is 7.67. The highest BCUT2D eigenvalue weighted by molar-refractivity contribution is 7.00. The molecule has 3 rings (SSSR count). The Morgan fingerprint density at radius 3 is 1.78 bits per heavy atom. The lowest BCUT2D eigenvalue weighted by Crippen LogP contribution is -2.68. The van der Waals surface area contributed by atoms with Gasteiger partial charge in [-0.1, -0.05) is 87.5 Å². The molecule has 1 N–H and O–H groups in total. The predicted octanol–water partition coefficient (Wildman–Crippen LogP) is 4.26. The molecule has 0 heterocycles. The Kier molecular flexibility index (Phi) is 5.49. The number of hydrogen-bond acceptors (Lipinski definition) is 2. The summed E-state index contributed by atoms with van der Waals surface area (Å²) in [6, 6.07) is 24.9. The first kappa shape index (κ1) is 19.3. The maximum absolute atomic E-state index is 14.8. The Balaban J connectivity index is 2.24. The van der Waals surface area contributed by atoms with Gasteiger partial charge in [0.25, 0.3) is 0 Å². The van der Waals surface area contributed by atoms with Crippen LogP contribution in [0.4, 0.5) is 4.39 Å². The van der Waals surface area contributed by atoms with Gasteiger partial charge in [-0.2, -0.15) is 0 Å². The third-order valence-electron chi connectivity index (χ3n) is 4.86. The van der Waals surface area contributed by atoms with E-state index >= 15 is 0 Å². The highest BCUT2D eigenvalue weighted by Gasteiger charge is 2.52. The molecule has 27 heavy (non-hydrogen) atoms. The fourth-order valence-electron chi connectivity index (χ4n) is 3.54. The minimum Gasteiger partial charge on any atom is -0.532 e. The van der Waals surface area contributed by atoms with Crippen LogP contribution in [0, 0.1) is 5.82 Å². The molecule has 0 spiro atoms. The molecule has 140 valence electrons. The van der Waals surface area contributed by atoms with Gasteiger partial charge in [0, 0.05) is 0 Å². The van der Waals surface area contributed by atoms with Gasteiger partial charge >= 0.3 is 8.32 Å². The van der Waals surface area contributed by atoms with Gasteiger partial charge in [0.15, 0.2) is 5.82 Å². The third kappa shape index (κ3) is 3.68. The largest absolute Gasteiger partial charge is 0.532 e. The minimum atomic E-state index is -2.85. The van der Waals surface area contributed by atoms with Crippen LogP contribution in [-0.4, -0.2) is 13.4 Å². The average molecular weight is 381 g/mol. The lowest BCUT2D eigenvalue weighted by molar-refractivity contribution is 0.281. The number of aliphatic hydroxyl groups is 1. The molecule has 0 bridgehead atoms. The first-order valence-electron chi connectivity index (χ1n) is 9.08. The molecule has 0 fully saturated rings. The lowest BCUT2D eigenvalue weighted by atomic mass is 10.2. The van der Waals surface area contributed by atoms with E-state index in [1.54, 1.807) is 12.1 Å². The zero-order valence-electron chi connectivity index (χ0n) is 15.9. The van der Waals surface area contributed by atoms with Crippen LogP contribution in [-0.2, 0) is 6.61 Å². The van der Waals surface area contributed by atoms with Crippen LogP contribution < -0.4 is 14.8 Å². The summed E-state index contributed by atoms with van der Waals surface area (Å²) in [5.41, 5.74) is 0.530. The Hall–Kier alpha value is -2.43. The van der Waals surface area contributed by atoms with Crippen molar-refractivity contribution in [2.24, 2.45) is 0 Å². The highest BCUT2D eigenvalue weighted by Crippen LogP contribution is 2.38. The summed E-state index contributed by atoms with van der Waals surface area (Å²) in [6.07, 6.45) is 0. The smallest absolute Gasteiger partial charge is 0.320 e. The van der Waals surface area contributed by atoms with Crippen LogP contribution in [0.2, 0.25) is 5.04 Å². The van der Waals surface area contributed by atoms with E-state index in [0.717, 1.165) is 10.4 Å². The number of benzene rings is 3. The number of aliphatic hydroxyl groups excluding tert-OH is 1. The fraction of sp³-hybridized carbons (Fsp3) is 0.217. The molecule has 0 aliphatic heterocycles. The van der Waals surface area contributed by atoms with Gasteiger partial charge in [-0.25, -0.2) is 4.39 Å². The summed E-state index contributed by atoms with van der Waals surface area (Å²) in [4.78, 5) is 0. The van der Waals surface area contributed by atoms with E-state index in [-0.39, 0.29) is 17.4 Å². The minimum absolute atomic E-state index is 0.198. The van der Waals surface area contributed by atoms with Crippen LogP contribution >= 0.6 is 0 Å². The second-order valence-corrected chi connectivity index (χ2v) is 11.9. The van der Waals surface area contributed by atoms with Gasteiger partial charge in [-0.3, -0.25) is 0 Å². The molecule has 0 saturated heterocycles. The molecule has 0 atom stereocenters. The van der Waals surface area contributed by atoms with Crippen molar-refractivity contribution in [2.45, 2.75) is 32.4 Å². The average Bonchev–Trinajstić information content (AvgIpc) is 2.67. The van der Waals surface area contributed by atoms with E-state index in [2.05, 4.69) is 45.0 Å². The van der Waals surface area contributed by atoms with Crippen molar-refractivity contribution in [1.82, 2.24) is 0 Å². The van der Waals surface area contributed by atoms with E-state index in [1.807, 2.05) is 36.4 Å². The summed E-state index contributed by atoms with van der Waals surface area (Å²) in [5, 5.41) is 11.2. The van der Waals surface area contributed by atoms with Crippen molar-refractivity contribution in [2.75, 3.05) is 0 Å². The van der Waals surface area contributed by atoms with Crippen molar-refractivity contribution >= 4 is 18.7 Å². The molecular weight excluding hydrogens is 355 g/mol. The second-order valence-electron chi connectivity index (χ2n) is 7.69. The van der Waals surface area contributed by atoms with Crippen molar-refractivity contribution < 1.29 is 13.9 Å². The molecule has 3 aromatic rings. The van der Waals surface area contributed by atoms with Crippen molar-refractivity contribution in [3.05, 3.63) is 90.2 Å². The van der Waals surface area contributed by atoms with E-state index in [1.165, 1.54) is 6.07 Å². The molecule has 0 aliphatic carbocycles. The van der Waals surface area contributed by atoms with Crippen molar-refractivity contribution in [1.29, 1.82) is 0 Å². The standard InChI is InChI=1S/C23H25FO2Si/c1-23(2,3)27(19-10-6-4-7-11-19,20-12-8-5-9-13-20)26-22-15-14-18(17-25)16-21(22)24/h4-16,25H,17H2,1-3H3. The molecule has 3 aromatic carbocycles. The molecule has 0 amide bonds. The predicted molar refractivity (Wildman–Crippen MR) is 111 cm³/mol. The lowest BCUT2D eigenvalue weighted by Gasteiger charge is -2.43. The van der Waals surface area contributed by atoms with Crippen LogP contribution in [0.5, 0.6) is 5.75 Å². The summed E-state index contributed by atoms with van der Waals surface area (Å²) in [5.74, 6) is -0.226. The first-order valence-corrected chi connectivity index (χ1v) is 11.0. The zero-order chi connectivity index (χ0) is 19.5. The maximum Gasteiger partial charge on any atom is 0.320 e. The molecule has 4 heteroatoms. The van der Waals surface area contributed by atoms with Crippen molar-refractivity contribution in [3.8, 4) is 5.75 Å². The molecule has 0 aliphatic rings. The summed E-state index contributed by atoms with van der Waals surface area (Å²) in [7, 11) is -2.85. The summed E-state index contributed by atoms with van der Waals surface area (Å²) in [6.45, 7) is 6.26. The highest BCUT2D eigenvalue weighted by atomic mass is 28.4. The Bertz CT molecular complexity index is 850. The van der Waals surface area contributed by atoms with Gasteiger partial charge in [-0.15, -0.1) is 0 Å². The number of rotatable bonds is 5. The molecule has 0 saturated carbocycles. The topological polar surface area (TPSA) is 29.5 Å². The number of hydrogen-bond donors (Lipinski definition) is 1. The number of halogens is 1. The van der Waals surface area contributed by atoms with Crippen LogP contribution in [0.15, 0.2) is 78.9 Å². The summed E-state index contributed by atoms with van der Waals surface area (Å²) < 4.78 is 21.4. The molecule has 0 radical (unpaired) electrons.